The largest absolute Gasteiger partial charge is 0.300 e. The van der Waals surface area contributed by atoms with Crippen LogP contribution in [0.5, 0.6) is 0 Å². The number of aliphatic imine (C=N–C) groups is 1. The summed E-state index contributed by atoms with van der Waals surface area (Å²) in [6.45, 7) is 0. The standard InChI is InChI=1S/C16H21N3/c1-2-4-14(5-3-1)18-19-16-13-7-11-6-12(8-13)10-15(9-11)17-16/h1-5,11-13,15,18H,6-10H2,(H,17,19). The van der Waals surface area contributed by atoms with Crippen LogP contribution in [0, 0.1) is 17.8 Å². The van der Waals surface area contributed by atoms with E-state index in [2.05, 4.69) is 23.0 Å². The number of hydrogen-bond acceptors (Lipinski definition) is 3. The van der Waals surface area contributed by atoms with Crippen molar-refractivity contribution >= 4 is 11.5 Å². The fraction of sp³-hybridized carbons (Fsp3) is 0.562. The smallest absolute Gasteiger partial charge is 0.118 e. The number of benzene rings is 1. The lowest BCUT2D eigenvalue weighted by molar-refractivity contribution is 0.161. The molecule has 5 rings (SSSR count). The summed E-state index contributed by atoms with van der Waals surface area (Å²) in [6, 6.07) is 10.9. The molecule has 2 saturated carbocycles. The Labute approximate surface area is 114 Å². The fourth-order valence-electron chi connectivity index (χ4n) is 4.24. The van der Waals surface area contributed by atoms with Gasteiger partial charge in [-0.05, 0) is 56.1 Å². The molecule has 2 fully saturated rings. The molecule has 2 atom stereocenters. The number of para-hydroxylation sites is 1. The minimum atomic E-state index is 0.580. The molecule has 3 heteroatoms. The van der Waals surface area contributed by atoms with Crippen molar-refractivity contribution in [3.8, 4) is 0 Å². The van der Waals surface area contributed by atoms with Crippen molar-refractivity contribution in [1.29, 1.82) is 0 Å². The van der Waals surface area contributed by atoms with Crippen LogP contribution in [-0.2, 0) is 0 Å². The van der Waals surface area contributed by atoms with Gasteiger partial charge in [0, 0.05) is 5.92 Å². The predicted octanol–water partition coefficient (Wildman–Crippen LogP) is 3.21. The Bertz CT molecular complexity index is 468. The van der Waals surface area contributed by atoms with Gasteiger partial charge < -0.3 is 0 Å². The van der Waals surface area contributed by atoms with Gasteiger partial charge in [-0.25, -0.2) is 0 Å². The van der Waals surface area contributed by atoms with E-state index in [1.807, 2.05) is 18.2 Å². The average molecular weight is 255 g/mol. The maximum Gasteiger partial charge on any atom is 0.118 e. The predicted molar refractivity (Wildman–Crippen MR) is 78.0 cm³/mol. The van der Waals surface area contributed by atoms with Gasteiger partial charge >= 0.3 is 0 Å². The number of hydrogen-bond donors (Lipinski definition) is 2. The normalized spacial score (nSPS) is 35.7. The number of rotatable bonds is 2. The van der Waals surface area contributed by atoms with Gasteiger partial charge in [-0.3, -0.25) is 15.8 Å². The van der Waals surface area contributed by atoms with Crippen molar-refractivity contribution in [1.82, 2.24) is 5.43 Å². The Hall–Kier alpha value is -1.51. The summed E-state index contributed by atoms with van der Waals surface area (Å²) in [4.78, 5) is 4.98. The molecule has 0 aromatic heterocycles. The second-order valence-electron chi connectivity index (χ2n) is 6.39. The summed E-state index contributed by atoms with van der Waals surface area (Å²) < 4.78 is 0. The zero-order valence-corrected chi connectivity index (χ0v) is 11.2. The first-order valence-corrected chi connectivity index (χ1v) is 7.51. The van der Waals surface area contributed by atoms with Crippen LogP contribution in [0.15, 0.2) is 35.3 Å². The molecule has 4 bridgehead atoms. The van der Waals surface area contributed by atoms with Crippen LogP contribution in [-0.4, -0.2) is 11.9 Å². The van der Waals surface area contributed by atoms with Gasteiger partial charge in [-0.15, -0.1) is 0 Å². The lowest BCUT2D eigenvalue weighted by Gasteiger charge is -2.37. The topological polar surface area (TPSA) is 36.4 Å². The van der Waals surface area contributed by atoms with Crippen LogP contribution < -0.4 is 10.9 Å². The summed E-state index contributed by atoms with van der Waals surface area (Å²) in [7, 11) is 0. The zero-order chi connectivity index (χ0) is 12.7. The molecule has 19 heavy (non-hydrogen) atoms. The van der Waals surface area contributed by atoms with Crippen molar-refractivity contribution in [3.05, 3.63) is 30.3 Å². The first-order valence-electron chi connectivity index (χ1n) is 7.51. The molecule has 0 radical (unpaired) electrons. The van der Waals surface area contributed by atoms with Gasteiger partial charge in [-0.1, -0.05) is 18.2 Å². The van der Waals surface area contributed by atoms with Crippen LogP contribution in [0.4, 0.5) is 5.69 Å². The highest BCUT2D eigenvalue weighted by atomic mass is 15.4. The third-order valence-electron chi connectivity index (χ3n) is 4.93. The number of anilines is 1. The Morgan fingerprint density at radius 3 is 2.32 bits per heavy atom. The van der Waals surface area contributed by atoms with Crippen molar-refractivity contribution in [2.45, 2.75) is 38.1 Å². The van der Waals surface area contributed by atoms with Crippen molar-refractivity contribution in [2.24, 2.45) is 22.7 Å². The average Bonchev–Trinajstić information content (AvgIpc) is 2.61. The maximum absolute atomic E-state index is 4.98. The Morgan fingerprint density at radius 2 is 1.58 bits per heavy atom. The molecule has 1 aromatic carbocycles. The monoisotopic (exact) mass is 255 g/mol. The van der Waals surface area contributed by atoms with E-state index in [0.29, 0.717) is 12.0 Å². The van der Waals surface area contributed by atoms with E-state index in [1.54, 1.807) is 0 Å². The molecule has 0 amide bonds. The van der Waals surface area contributed by atoms with Gasteiger partial charge in [0.25, 0.3) is 0 Å². The van der Waals surface area contributed by atoms with E-state index in [1.165, 1.54) is 37.9 Å². The molecule has 1 aromatic rings. The van der Waals surface area contributed by atoms with Crippen LogP contribution >= 0.6 is 0 Å². The molecule has 0 saturated heterocycles. The molecule has 2 heterocycles. The Morgan fingerprint density at radius 1 is 0.842 bits per heavy atom. The third kappa shape index (κ3) is 2.22. The van der Waals surface area contributed by atoms with E-state index < -0.39 is 0 Å². The Balaban J connectivity index is 1.49. The number of nitrogens with zero attached hydrogens (tertiary/aromatic N) is 1. The summed E-state index contributed by atoms with van der Waals surface area (Å²) in [6.07, 6.45) is 6.79. The highest BCUT2D eigenvalue weighted by Crippen LogP contribution is 2.46. The van der Waals surface area contributed by atoms with Crippen LogP contribution in [0.3, 0.4) is 0 Å². The molecule has 100 valence electrons. The van der Waals surface area contributed by atoms with Crippen LogP contribution in [0.25, 0.3) is 0 Å². The zero-order valence-electron chi connectivity index (χ0n) is 11.2. The van der Waals surface area contributed by atoms with Crippen molar-refractivity contribution in [3.63, 3.8) is 0 Å². The van der Waals surface area contributed by atoms with Gasteiger partial charge in [0.2, 0.25) is 0 Å². The lowest BCUT2D eigenvalue weighted by atomic mass is 9.68. The van der Waals surface area contributed by atoms with Gasteiger partial charge in [0.05, 0.1) is 11.7 Å². The van der Waals surface area contributed by atoms with Gasteiger partial charge in [0.1, 0.15) is 5.84 Å². The number of hydrazine groups is 1. The molecule has 3 nitrogen and oxygen atoms in total. The van der Waals surface area contributed by atoms with E-state index >= 15 is 0 Å². The summed E-state index contributed by atoms with van der Waals surface area (Å²) >= 11 is 0. The first-order chi connectivity index (χ1) is 9.37. The maximum atomic E-state index is 4.98. The molecular weight excluding hydrogens is 234 g/mol. The molecule has 4 aliphatic rings. The van der Waals surface area contributed by atoms with E-state index in [9.17, 15) is 0 Å². The first kappa shape index (κ1) is 11.3. The van der Waals surface area contributed by atoms with Crippen molar-refractivity contribution < 1.29 is 0 Å². The fourth-order valence-corrected chi connectivity index (χ4v) is 4.24. The van der Waals surface area contributed by atoms with Crippen LogP contribution in [0.1, 0.15) is 32.1 Å². The van der Waals surface area contributed by atoms with Gasteiger partial charge in [0.15, 0.2) is 0 Å². The number of amidine groups is 1. The molecule has 2 N–H and O–H groups in total. The van der Waals surface area contributed by atoms with Gasteiger partial charge in [-0.2, -0.15) is 0 Å². The minimum absolute atomic E-state index is 0.580. The highest BCUT2D eigenvalue weighted by molar-refractivity contribution is 5.86. The van der Waals surface area contributed by atoms with E-state index in [-0.39, 0.29) is 0 Å². The summed E-state index contributed by atoms with van der Waals surface area (Å²) in [5, 5.41) is 0. The second-order valence-corrected chi connectivity index (χ2v) is 6.39. The van der Waals surface area contributed by atoms with Crippen molar-refractivity contribution in [2.75, 3.05) is 5.43 Å². The van der Waals surface area contributed by atoms with E-state index in [4.69, 9.17) is 4.99 Å². The molecule has 0 spiro atoms. The summed E-state index contributed by atoms with van der Waals surface area (Å²) in [5.41, 5.74) is 7.80. The highest BCUT2D eigenvalue weighted by Gasteiger charge is 2.40. The van der Waals surface area contributed by atoms with Crippen LogP contribution in [0.2, 0.25) is 0 Å². The molecule has 2 aliphatic heterocycles. The number of nitrogens with one attached hydrogen (secondary N) is 2. The third-order valence-corrected chi connectivity index (χ3v) is 4.93. The molecular formula is C16H21N3. The molecule has 2 unspecified atom stereocenters. The van der Waals surface area contributed by atoms with E-state index in [0.717, 1.165) is 17.5 Å². The molecule has 2 aliphatic carbocycles. The Kier molecular flexibility index (Phi) is 2.71. The summed E-state index contributed by atoms with van der Waals surface area (Å²) in [5.74, 6) is 3.73. The second kappa shape index (κ2) is 4.55. The minimum Gasteiger partial charge on any atom is -0.300 e. The lowest BCUT2D eigenvalue weighted by Crippen LogP contribution is -2.37. The SMILES string of the molecule is c1ccc(NNC2=NC3CC4CC(C3)CC2C4)cc1. The quantitative estimate of drug-likeness (QED) is 0.796.